The van der Waals surface area contributed by atoms with Gasteiger partial charge in [0.2, 0.25) is 5.69 Å². The van der Waals surface area contributed by atoms with Crippen LogP contribution in [-0.2, 0) is 9.53 Å². The summed E-state index contributed by atoms with van der Waals surface area (Å²) in [6.07, 6.45) is -2.52. The van der Waals surface area contributed by atoms with Crippen LogP contribution < -0.4 is 0 Å². The number of aromatic nitrogens is 1. The summed E-state index contributed by atoms with van der Waals surface area (Å²) in [4.78, 5) is 24.4. The highest BCUT2D eigenvalue weighted by Crippen LogP contribution is 2.24. The smallest absolute Gasteiger partial charge is 0.308 e. The van der Waals surface area contributed by atoms with Crippen molar-refractivity contribution >= 4 is 11.7 Å². The lowest BCUT2D eigenvalue weighted by molar-refractivity contribution is -0.385. The molecule has 0 aromatic carbocycles. The summed E-state index contributed by atoms with van der Waals surface area (Å²) in [6.45, 7) is 0. The molecule has 0 amide bonds. The molecule has 9 heteroatoms. The molecule has 1 aromatic heterocycles. The molecule has 1 rings (SSSR count). The third-order valence-corrected chi connectivity index (χ3v) is 2.50. The third kappa shape index (κ3) is 3.47. The number of nitriles is 1. The van der Waals surface area contributed by atoms with Gasteiger partial charge in [-0.05, 0) is 0 Å². The van der Waals surface area contributed by atoms with Gasteiger partial charge in [-0.3, -0.25) is 14.9 Å². The number of aliphatic hydroxyl groups excluding tert-OH is 2. The van der Waals surface area contributed by atoms with Gasteiger partial charge in [-0.1, -0.05) is 0 Å². The van der Waals surface area contributed by atoms with E-state index in [0.717, 1.165) is 19.4 Å². The number of methoxy groups -OCH3 is 1. The first-order valence-electron chi connectivity index (χ1n) is 5.38. The molecule has 2 N–H and O–H groups in total. The minimum absolute atomic E-state index is 0.0768. The fraction of sp³-hybridized carbons (Fsp3) is 0.364. The second-order valence-electron chi connectivity index (χ2n) is 3.80. The highest BCUT2D eigenvalue weighted by atomic mass is 16.6. The van der Waals surface area contributed by atoms with Crippen molar-refractivity contribution in [2.75, 3.05) is 7.11 Å². The van der Waals surface area contributed by atoms with Crippen LogP contribution in [0.5, 0.6) is 0 Å². The largest absolute Gasteiger partial charge is 0.469 e. The highest BCUT2D eigenvalue weighted by molar-refractivity contribution is 5.69. The molecule has 0 saturated carbocycles. The quantitative estimate of drug-likeness (QED) is 0.429. The predicted molar refractivity (Wildman–Crippen MR) is 63.2 cm³/mol. The number of nitro groups is 1. The van der Waals surface area contributed by atoms with Crippen molar-refractivity contribution in [3.63, 3.8) is 0 Å². The van der Waals surface area contributed by atoms with Crippen LogP contribution in [0.15, 0.2) is 12.3 Å². The molecule has 20 heavy (non-hydrogen) atoms. The van der Waals surface area contributed by atoms with Gasteiger partial charge in [0, 0.05) is 17.8 Å². The Labute approximate surface area is 113 Å². The van der Waals surface area contributed by atoms with Crippen molar-refractivity contribution in [3.8, 4) is 6.07 Å². The van der Waals surface area contributed by atoms with Gasteiger partial charge in [-0.25, -0.2) is 4.98 Å². The molecule has 0 bridgehead atoms. The van der Waals surface area contributed by atoms with Gasteiger partial charge in [-0.15, -0.1) is 0 Å². The Morgan fingerprint density at radius 3 is 2.80 bits per heavy atom. The van der Waals surface area contributed by atoms with Crippen LogP contribution in [0, 0.1) is 21.4 Å². The van der Waals surface area contributed by atoms with Crippen molar-refractivity contribution in [2.45, 2.75) is 18.6 Å². The summed E-state index contributed by atoms with van der Waals surface area (Å²) in [6, 6.07) is 2.47. The molecule has 0 radical (unpaired) electrons. The number of esters is 1. The molecule has 106 valence electrons. The maximum absolute atomic E-state index is 11.0. The molecule has 0 saturated heterocycles. The number of nitrogens with zero attached hydrogens (tertiary/aromatic N) is 3. The van der Waals surface area contributed by atoms with E-state index in [1.807, 2.05) is 0 Å². The van der Waals surface area contributed by atoms with Gasteiger partial charge < -0.3 is 14.9 Å². The second-order valence-corrected chi connectivity index (χ2v) is 3.80. The number of carbonyl (C=O) groups excluding carboxylic acids is 1. The first-order valence-corrected chi connectivity index (χ1v) is 5.38. The monoisotopic (exact) mass is 281 g/mol. The first kappa shape index (κ1) is 15.5. The summed E-state index contributed by atoms with van der Waals surface area (Å²) in [5.74, 6) is -0.743. The Morgan fingerprint density at radius 2 is 2.30 bits per heavy atom. The minimum atomic E-state index is -1.56. The number of hydrogen-bond donors (Lipinski definition) is 2. The molecule has 0 aliphatic carbocycles. The lowest BCUT2D eigenvalue weighted by atomic mass is 10.0. The second kappa shape index (κ2) is 6.55. The molecule has 1 aromatic rings. The van der Waals surface area contributed by atoms with Crippen molar-refractivity contribution in [3.05, 3.63) is 33.6 Å². The topological polar surface area (TPSA) is 147 Å². The fourth-order valence-corrected chi connectivity index (χ4v) is 1.44. The maximum atomic E-state index is 11.0. The number of ether oxygens (including phenoxy) is 1. The van der Waals surface area contributed by atoms with Crippen molar-refractivity contribution in [1.29, 1.82) is 5.26 Å². The number of rotatable bonds is 5. The van der Waals surface area contributed by atoms with E-state index in [1.165, 1.54) is 0 Å². The zero-order valence-corrected chi connectivity index (χ0v) is 10.4. The van der Waals surface area contributed by atoms with E-state index >= 15 is 0 Å². The molecule has 0 aliphatic rings. The molecule has 0 aliphatic heterocycles. The number of aliphatic hydroxyl groups is 2. The zero-order valence-electron chi connectivity index (χ0n) is 10.4. The summed E-state index contributed by atoms with van der Waals surface area (Å²) >= 11 is 0. The van der Waals surface area contributed by atoms with E-state index in [0.29, 0.717) is 0 Å². The van der Waals surface area contributed by atoms with Gasteiger partial charge in [0.05, 0.1) is 24.6 Å². The highest BCUT2D eigenvalue weighted by Gasteiger charge is 2.25. The lowest BCUT2D eigenvalue weighted by Gasteiger charge is -2.16. The summed E-state index contributed by atoms with van der Waals surface area (Å²) < 4.78 is 4.33. The zero-order chi connectivity index (χ0) is 15.3. The predicted octanol–water partition coefficient (Wildman–Crippen LogP) is -0.181. The Kier molecular flexibility index (Phi) is 5.08. The molecule has 0 spiro atoms. The molecule has 2 unspecified atom stereocenters. The van der Waals surface area contributed by atoms with Crippen LogP contribution >= 0.6 is 0 Å². The van der Waals surface area contributed by atoms with Gasteiger partial charge in [0.1, 0.15) is 12.2 Å². The van der Waals surface area contributed by atoms with E-state index < -0.39 is 40.9 Å². The average molecular weight is 281 g/mol. The Balaban J connectivity index is 3.02. The SMILES string of the molecule is COC(=O)CC(O)C(O)c1cnc(C#N)c([N+](=O)[O-])c1. The van der Waals surface area contributed by atoms with Gasteiger partial charge in [0.15, 0.2) is 0 Å². The third-order valence-electron chi connectivity index (χ3n) is 2.50. The van der Waals surface area contributed by atoms with E-state index in [1.54, 1.807) is 6.07 Å². The minimum Gasteiger partial charge on any atom is -0.469 e. The van der Waals surface area contributed by atoms with E-state index in [9.17, 15) is 25.1 Å². The van der Waals surface area contributed by atoms with E-state index in [2.05, 4.69) is 9.72 Å². The summed E-state index contributed by atoms with van der Waals surface area (Å²) in [5, 5.41) is 38.8. The Morgan fingerprint density at radius 1 is 1.65 bits per heavy atom. The normalized spacial score (nSPS) is 13.1. The van der Waals surface area contributed by atoms with Crippen LogP contribution in [0.2, 0.25) is 0 Å². The molecule has 9 nitrogen and oxygen atoms in total. The van der Waals surface area contributed by atoms with Crippen molar-refractivity contribution in [2.24, 2.45) is 0 Å². The van der Waals surface area contributed by atoms with Crippen LogP contribution in [0.3, 0.4) is 0 Å². The molecule has 2 atom stereocenters. The van der Waals surface area contributed by atoms with Crippen LogP contribution in [-0.4, -0.2) is 39.3 Å². The maximum Gasteiger partial charge on any atom is 0.308 e. The van der Waals surface area contributed by atoms with E-state index in [-0.39, 0.29) is 5.56 Å². The van der Waals surface area contributed by atoms with E-state index in [4.69, 9.17) is 5.26 Å². The molecular weight excluding hydrogens is 270 g/mol. The average Bonchev–Trinajstić information content (AvgIpc) is 2.45. The van der Waals surface area contributed by atoms with Crippen LogP contribution in [0.25, 0.3) is 0 Å². The van der Waals surface area contributed by atoms with Gasteiger partial charge >= 0.3 is 11.7 Å². The van der Waals surface area contributed by atoms with Crippen LogP contribution in [0.1, 0.15) is 23.8 Å². The van der Waals surface area contributed by atoms with Crippen molar-refractivity contribution < 1.29 is 24.7 Å². The molecule has 1 heterocycles. The Bertz CT molecular complexity index is 568. The van der Waals surface area contributed by atoms with Gasteiger partial charge in [0.25, 0.3) is 0 Å². The summed E-state index contributed by atoms with van der Waals surface area (Å²) in [7, 11) is 1.12. The summed E-state index contributed by atoms with van der Waals surface area (Å²) in [5.41, 5.74) is -1.07. The standard InChI is InChI=1S/C11H11N3O6/c1-20-10(16)3-9(15)11(17)6-2-8(14(18)19)7(4-12)13-5-6/h2,5,9,11,15,17H,3H2,1H3. The van der Waals surface area contributed by atoms with Crippen molar-refractivity contribution in [1.82, 2.24) is 4.98 Å². The molecular formula is C11H11N3O6. The fourth-order valence-electron chi connectivity index (χ4n) is 1.44. The number of carbonyl (C=O) groups is 1. The Hall–Kier alpha value is -2.57. The molecule has 0 fully saturated rings. The number of pyridine rings is 1. The van der Waals surface area contributed by atoms with Crippen LogP contribution in [0.4, 0.5) is 5.69 Å². The lowest BCUT2D eigenvalue weighted by Crippen LogP contribution is -2.23. The number of hydrogen-bond acceptors (Lipinski definition) is 8. The first-order chi connectivity index (χ1) is 9.40. The van der Waals surface area contributed by atoms with Gasteiger partial charge in [-0.2, -0.15) is 5.26 Å².